The number of nitrogens with one attached hydrogen (secondary N) is 3. The first kappa shape index (κ1) is 24.0. The zero-order valence-corrected chi connectivity index (χ0v) is 16.4. The highest BCUT2D eigenvalue weighted by molar-refractivity contribution is 5.94. The molecular weight excluding hydrogens is 428 g/mol. The Bertz CT molecular complexity index is 905. The van der Waals surface area contributed by atoms with Crippen molar-refractivity contribution in [2.45, 2.75) is 38.8 Å². The van der Waals surface area contributed by atoms with Crippen LogP contribution in [0.15, 0.2) is 42.5 Å². The fourth-order valence-corrected chi connectivity index (χ4v) is 2.51. The molecule has 0 saturated heterocycles. The smallest absolute Gasteiger partial charge is 0.348 e. The second-order valence-corrected chi connectivity index (χ2v) is 6.93. The van der Waals surface area contributed by atoms with Gasteiger partial charge in [-0.15, -0.1) is 0 Å². The number of carbonyl (C=O) groups excluding carboxylic acids is 2. The molecule has 3 amide bonds. The normalized spacial score (nSPS) is 11.9. The van der Waals surface area contributed by atoms with Crippen molar-refractivity contribution in [3.05, 3.63) is 64.7 Å². The highest BCUT2D eigenvalue weighted by Crippen LogP contribution is 2.36. The summed E-state index contributed by atoms with van der Waals surface area (Å²) in [7, 11) is 0. The van der Waals surface area contributed by atoms with Gasteiger partial charge in [0.05, 0.1) is 11.1 Å². The number of carbonyl (C=O) groups is 2. The Labute approximate surface area is 173 Å². The van der Waals surface area contributed by atoms with Crippen LogP contribution in [0, 0.1) is 0 Å². The van der Waals surface area contributed by atoms with Crippen molar-refractivity contribution in [3.8, 4) is 0 Å². The molecule has 2 rings (SSSR count). The van der Waals surface area contributed by atoms with E-state index < -0.39 is 41.0 Å². The maximum Gasteiger partial charge on any atom is 0.416 e. The van der Waals surface area contributed by atoms with Crippen molar-refractivity contribution >= 4 is 17.6 Å². The van der Waals surface area contributed by atoms with Crippen LogP contribution < -0.4 is 16.0 Å². The number of halogens is 6. The largest absolute Gasteiger partial charge is 0.416 e. The summed E-state index contributed by atoms with van der Waals surface area (Å²) in [6.07, 6.45) is -10.1. The first-order chi connectivity index (χ1) is 14.3. The molecule has 0 fully saturated rings. The van der Waals surface area contributed by atoms with Gasteiger partial charge in [0.1, 0.15) is 0 Å². The molecule has 0 heterocycles. The van der Waals surface area contributed by atoms with E-state index in [4.69, 9.17) is 0 Å². The van der Waals surface area contributed by atoms with Crippen LogP contribution in [0.25, 0.3) is 0 Å². The van der Waals surface area contributed by atoms with E-state index in [1.54, 1.807) is 26.0 Å². The molecule has 0 spiro atoms. The number of alkyl halides is 6. The Kier molecular flexibility index (Phi) is 7.19. The molecule has 0 bridgehead atoms. The Morgan fingerprint density at radius 3 is 1.84 bits per heavy atom. The molecule has 168 valence electrons. The highest BCUT2D eigenvalue weighted by atomic mass is 19.4. The molecule has 0 aliphatic heterocycles. The van der Waals surface area contributed by atoms with Crippen molar-refractivity contribution in [3.63, 3.8) is 0 Å². The second kappa shape index (κ2) is 9.27. The summed E-state index contributed by atoms with van der Waals surface area (Å²) in [6, 6.07) is 6.36. The van der Waals surface area contributed by atoms with Gasteiger partial charge in [0.25, 0.3) is 5.91 Å². The highest BCUT2D eigenvalue weighted by Gasteiger charge is 2.37. The Balaban J connectivity index is 2.09. The van der Waals surface area contributed by atoms with Crippen molar-refractivity contribution in [2.75, 3.05) is 5.32 Å². The van der Waals surface area contributed by atoms with E-state index >= 15 is 0 Å². The van der Waals surface area contributed by atoms with Gasteiger partial charge in [-0.2, -0.15) is 26.3 Å². The van der Waals surface area contributed by atoms with E-state index in [1.165, 1.54) is 12.1 Å². The molecular formula is C20H19F6N3O2. The number of hydrogen-bond acceptors (Lipinski definition) is 2. The van der Waals surface area contributed by atoms with E-state index in [1.807, 2.05) is 0 Å². The molecule has 11 heteroatoms. The van der Waals surface area contributed by atoms with Crippen molar-refractivity contribution < 1.29 is 35.9 Å². The number of benzene rings is 2. The summed E-state index contributed by atoms with van der Waals surface area (Å²) in [5.74, 6) is -1.09. The fourth-order valence-electron chi connectivity index (χ4n) is 2.51. The zero-order chi connectivity index (χ0) is 23.4. The molecule has 0 aromatic heterocycles. The van der Waals surface area contributed by atoms with Crippen LogP contribution in [0.1, 0.15) is 40.9 Å². The number of amides is 3. The zero-order valence-electron chi connectivity index (χ0n) is 16.4. The molecule has 3 N–H and O–H groups in total. The van der Waals surface area contributed by atoms with Crippen LogP contribution in [-0.2, 0) is 18.9 Å². The maximum absolute atomic E-state index is 12.9. The third-order valence-electron chi connectivity index (χ3n) is 3.93. The van der Waals surface area contributed by atoms with Gasteiger partial charge in [0.15, 0.2) is 0 Å². The molecule has 2 aromatic rings. The van der Waals surface area contributed by atoms with Crippen molar-refractivity contribution in [1.29, 1.82) is 0 Å². The topological polar surface area (TPSA) is 70.2 Å². The quantitative estimate of drug-likeness (QED) is 0.553. The maximum atomic E-state index is 12.9. The van der Waals surface area contributed by atoms with Crippen molar-refractivity contribution in [1.82, 2.24) is 10.6 Å². The molecule has 5 nitrogen and oxygen atoms in total. The lowest BCUT2D eigenvalue weighted by molar-refractivity contribution is -0.143. The Morgan fingerprint density at radius 2 is 1.39 bits per heavy atom. The molecule has 0 radical (unpaired) electrons. The number of rotatable bonds is 5. The molecule has 0 saturated carbocycles. The fraction of sp³-hybridized carbons (Fsp3) is 0.300. The molecule has 0 unspecified atom stereocenters. The van der Waals surface area contributed by atoms with Crippen LogP contribution in [0.3, 0.4) is 0 Å². The van der Waals surface area contributed by atoms with Crippen LogP contribution in [0.2, 0.25) is 0 Å². The second-order valence-electron chi connectivity index (χ2n) is 6.93. The summed E-state index contributed by atoms with van der Waals surface area (Å²) in [4.78, 5) is 23.8. The minimum Gasteiger partial charge on any atom is -0.348 e. The SMILES string of the molecule is CC(C)NC(=O)Nc1ccc(CNC(=O)c2cc(C(F)(F)F)cc(C(F)(F)F)c2)cc1. The average molecular weight is 447 g/mol. The van der Waals surface area contributed by atoms with Gasteiger partial charge < -0.3 is 16.0 Å². The van der Waals surface area contributed by atoms with Crippen LogP contribution in [-0.4, -0.2) is 18.0 Å². The summed E-state index contributed by atoms with van der Waals surface area (Å²) < 4.78 is 77.5. The van der Waals surface area contributed by atoms with Gasteiger partial charge in [0, 0.05) is 23.8 Å². The van der Waals surface area contributed by atoms with Crippen LogP contribution in [0.5, 0.6) is 0 Å². The third-order valence-corrected chi connectivity index (χ3v) is 3.93. The monoisotopic (exact) mass is 447 g/mol. The number of urea groups is 1. The van der Waals surface area contributed by atoms with E-state index in [0.29, 0.717) is 23.4 Å². The van der Waals surface area contributed by atoms with Gasteiger partial charge in [-0.3, -0.25) is 4.79 Å². The molecule has 0 atom stereocenters. The van der Waals surface area contributed by atoms with Gasteiger partial charge in [0.2, 0.25) is 0 Å². The minimum absolute atomic E-state index is 0.0437. The molecule has 2 aromatic carbocycles. The van der Waals surface area contributed by atoms with E-state index in [0.717, 1.165) is 0 Å². The predicted octanol–water partition coefficient (Wildman–Crippen LogP) is 5.18. The van der Waals surface area contributed by atoms with Crippen LogP contribution >= 0.6 is 0 Å². The van der Waals surface area contributed by atoms with Gasteiger partial charge in [-0.25, -0.2) is 4.79 Å². The van der Waals surface area contributed by atoms with E-state index in [-0.39, 0.29) is 18.7 Å². The predicted molar refractivity (Wildman–Crippen MR) is 101 cm³/mol. The lowest BCUT2D eigenvalue weighted by Crippen LogP contribution is -2.34. The van der Waals surface area contributed by atoms with E-state index in [9.17, 15) is 35.9 Å². The third kappa shape index (κ3) is 7.19. The Morgan fingerprint density at radius 1 is 0.871 bits per heavy atom. The van der Waals surface area contributed by atoms with Crippen molar-refractivity contribution in [2.24, 2.45) is 0 Å². The summed E-state index contributed by atoms with van der Waals surface area (Å²) in [5.41, 5.74) is -2.91. The first-order valence-corrected chi connectivity index (χ1v) is 9.00. The lowest BCUT2D eigenvalue weighted by Gasteiger charge is -2.14. The van der Waals surface area contributed by atoms with Crippen LogP contribution in [0.4, 0.5) is 36.8 Å². The standard InChI is InChI=1S/C20H19F6N3O2/c1-11(2)28-18(31)29-16-5-3-12(4-6-16)10-27-17(30)13-7-14(19(21,22)23)9-15(8-13)20(24,25)26/h3-9,11H,10H2,1-2H3,(H,27,30)(H2,28,29,31). The number of anilines is 1. The molecule has 0 aliphatic rings. The molecule has 31 heavy (non-hydrogen) atoms. The van der Waals surface area contributed by atoms with Gasteiger partial charge in [-0.1, -0.05) is 12.1 Å². The van der Waals surface area contributed by atoms with Gasteiger partial charge >= 0.3 is 18.4 Å². The summed E-state index contributed by atoms with van der Waals surface area (Å²) >= 11 is 0. The van der Waals surface area contributed by atoms with E-state index in [2.05, 4.69) is 16.0 Å². The summed E-state index contributed by atoms with van der Waals surface area (Å²) in [5, 5.41) is 7.49. The summed E-state index contributed by atoms with van der Waals surface area (Å²) in [6.45, 7) is 3.43. The number of hydrogen-bond donors (Lipinski definition) is 3. The minimum atomic E-state index is -5.04. The first-order valence-electron chi connectivity index (χ1n) is 9.00. The molecule has 0 aliphatic carbocycles. The lowest BCUT2D eigenvalue weighted by atomic mass is 10.0. The average Bonchev–Trinajstić information content (AvgIpc) is 2.64. The Hall–Kier alpha value is -3.24. The van der Waals surface area contributed by atoms with Gasteiger partial charge in [-0.05, 0) is 49.7 Å².